The third kappa shape index (κ3) is 3.70. The molecule has 0 aromatic carbocycles. The number of pyridine rings is 1. The van der Waals surface area contributed by atoms with E-state index in [1.807, 2.05) is 6.20 Å². The Morgan fingerprint density at radius 1 is 1.45 bits per heavy atom. The third-order valence-corrected chi connectivity index (χ3v) is 4.20. The fourth-order valence-electron chi connectivity index (χ4n) is 2.80. The van der Waals surface area contributed by atoms with Gasteiger partial charge in [0.2, 0.25) is 0 Å². The van der Waals surface area contributed by atoms with Gasteiger partial charge in [-0.15, -0.1) is 0 Å². The molecule has 0 aliphatic carbocycles. The Morgan fingerprint density at radius 3 is 2.75 bits per heavy atom. The maximum atomic E-state index is 6.02. The van der Waals surface area contributed by atoms with E-state index in [1.54, 1.807) is 0 Å². The number of rotatable bonds is 5. The molecule has 2 N–H and O–H groups in total. The molecule has 1 aromatic rings. The van der Waals surface area contributed by atoms with E-state index >= 15 is 0 Å². The van der Waals surface area contributed by atoms with Crippen LogP contribution in [0.3, 0.4) is 0 Å². The number of hydrogen-bond donors (Lipinski definition) is 1. The summed E-state index contributed by atoms with van der Waals surface area (Å²) in [5.74, 6) is 1.09. The van der Waals surface area contributed by atoms with Crippen molar-refractivity contribution in [1.29, 1.82) is 0 Å². The molecule has 0 radical (unpaired) electrons. The zero-order valence-corrected chi connectivity index (χ0v) is 12.9. The standard InChI is InChI=1S/C16H27N3O/c1-4-14(17)10-13-9-12(2)16(18-11-13)19(3)15-5-7-20-8-6-15/h9,11,14-15H,4-8,10,17H2,1-3H3. The van der Waals surface area contributed by atoms with E-state index in [4.69, 9.17) is 10.5 Å². The molecule has 1 aliphatic heterocycles. The lowest BCUT2D eigenvalue weighted by Crippen LogP contribution is -2.37. The van der Waals surface area contributed by atoms with E-state index in [1.165, 1.54) is 11.1 Å². The fraction of sp³-hybridized carbons (Fsp3) is 0.688. The Bertz CT molecular complexity index is 430. The Balaban J connectivity index is 2.08. The van der Waals surface area contributed by atoms with Gasteiger partial charge in [0.1, 0.15) is 5.82 Å². The maximum absolute atomic E-state index is 6.02. The molecule has 1 aromatic heterocycles. The number of aryl methyl sites for hydroxylation is 1. The van der Waals surface area contributed by atoms with Gasteiger partial charge < -0.3 is 15.4 Å². The van der Waals surface area contributed by atoms with Crippen molar-refractivity contribution in [3.05, 3.63) is 23.4 Å². The van der Waals surface area contributed by atoms with Gasteiger partial charge in [-0.05, 0) is 43.7 Å². The maximum Gasteiger partial charge on any atom is 0.131 e. The number of nitrogens with two attached hydrogens (primary N) is 1. The molecule has 0 amide bonds. The monoisotopic (exact) mass is 277 g/mol. The van der Waals surface area contributed by atoms with Crippen LogP contribution in [0.2, 0.25) is 0 Å². The largest absolute Gasteiger partial charge is 0.381 e. The van der Waals surface area contributed by atoms with Gasteiger partial charge in [-0.2, -0.15) is 0 Å². The highest BCUT2D eigenvalue weighted by Crippen LogP contribution is 2.23. The predicted molar refractivity (Wildman–Crippen MR) is 83.2 cm³/mol. The summed E-state index contributed by atoms with van der Waals surface area (Å²) in [6.45, 7) is 5.98. The first-order valence-electron chi connectivity index (χ1n) is 7.63. The normalized spacial score (nSPS) is 18.0. The summed E-state index contributed by atoms with van der Waals surface area (Å²) in [7, 11) is 2.14. The van der Waals surface area contributed by atoms with Crippen LogP contribution in [0.5, 0.6) is 0 Å². The van der Waals surface area contributed by atoms with E-state index in [2.05, 4.69) is 36.8 Å². The predicted octanol–water partition coefficient (Wildman–Crippen LogP) is 2.29. The van der Waals surface area contributed by atoms with Gasteiger partial charge >= 0.3 is 0 Å². The molecule has 1 fully saturated rings. The van der Waals surface area contributed by atoms with Crippen molar-refractivity contribution in [2.24, 2.45) is 5.73 Å². The van der Waals surface area contributed by atoms with Gasteiger partial charge in [0.05, 0.1) is 0 Å². The molecule has 2 heterocycles. The van der Waals surface area contributed by atoms with Crippen LogP contribution in [0, 0.1) is 6.92 Å². The van der Waals surface area contributed by atoms with Crippen molar-refractivity contribution in [3.63, 3.8) is 0 Å². The van der Waals surface area contributed by atoms with Crippen molar-refractivity contribution in [3.8, 4) is 0 Å². The average Bonchev–Trinajstić information content (AvgIpc) is 2.47. The van der Waals surface area contributed by atoms with Crippen molar-refractivity contribution in [2.75, 3.05) is 25.2 Å². The Hall–Kier alpha value is -1.13. The quantitative estimate of drug-likeness (QED) is 0.897. The summed E-state index contributed by atoms with van der Waals surface area (Å²) < 4.78 is 5.43. The first-order chi connectivity index (χ1) is 9.61. The number of hydrogen-bond acceptors (Lipinski definition) is 4. The summed E-state index contributed by atoms with van der Waals surface area (Å²) in [6, 6.07) is 3.00. The average molecular weight is 277 g/mol. The van der Waals surface area contributed by atoms with E-state index in [0.717, 1.165) is 44.7 Å². The molecule has 20 heavy (non-hydrogen) atoms. The van der Waals surface area contributed by atoms with Gasteiger partial charge in [-0.1, -0.05) is 13.0 Å². The van der Waals surface area contributed by atoms with Gasteiger partial charge in [-0.3, -0.25) is 0 Å². The van der Waals surface area contributed by atoms with Crippen LogP contribution in [0.15, 0.2) is 12.3 Å². The van der Waals surface area contributed by atoms with Crippen molar-refractivity contribution in [1.82, 2.24) is 4.98 Å². The minimum Gasteiger partial charge on any atom is -0.381 e. The second kappa shape index (κ2) is 7.04. The Morgan fingerprint density at radius 2 is 2.15 bits per heavy atom. The Labute approximate surface area is 122 Å². The number of nitrogens with zero attached hydrogens (tertiary/aromatic N) is 2. The summed E-state index contributed by atoms with van der Waals surface area (Å²) in [5.41, 5.74) is 8.49. The first-order valence-corrected chi connectivity index (χ1v) is 7.63. The molecule has 1 saturated heterocycles. The smallest absolute Gasteiger partial charge is 0.131 e. The molecule has 4 heteroatoms. The van der Waals surface area contributed by atoms with Crippen LogP contribution in [-0.4, -0.2) is 37.3 Å². The summed E-state index contributed by atoms with van der Waals surface area (Å²) in [6.07, 6.45) is 6.06. The molecule has 0 spiro atoms. The lowest BCUT2D eigenvalue weighted by atomic mass is 10.0. The summed E-state index contributed by atoms with van der Waals surface area (Å²) in [4.78, 5) is 6.98. The number of aromatic nitrogens is 1. The molecule has 2 rings (SSSR count). The van der Waals surface area contributed by atoms with Crippen LogP contribution < -0.4 is 10.6 Å². The number of anilines is 1. The molecule has 4 nitrogen and oxygen atoms in total. The molecule has 0 saturated carbocycles. The van der Waals surface area contributed by atoms with Crippen LogP contribution in [-0.2, 0) is 11.2 Å². The van der Waals surface area contributed by atoms with Crippen LogP contribution >= 0.6 is 0 Å². The number of ether oxygens (including phenoxy) is 1. The van der Waals surface area contributed by atoms with Crippen molar-refractivity contribution in [2.45, 2.75) is 51.6 Å². The molecule has 1 atom stereocenters. The molecular weight excluding hydrogens is 250 g/mol. The zero-order valence-electron chi connectivity index (χ0n) is 12.9. The zero-order chi connectivity index (χ0) is 14.5. The summed E-state index contributed by atoms with van der Waals surface area (Å²) in [5, 5.41) is 0. The highest BCUT2D eigenvalue weighted by Gasteiger charge is 2.20. The van der Waals surface area contributed by atoms with Crippen LogP contribution in [0.1, 0.15) is 37.3 Å². The van der Waals surface area contributed by atoms with Gasteiger partial charge in [0.25, 0.3) is 0 Å². The van der Waals surface area contributed by atoms with Crippen LogP contribution in [0.4, 0.5) is 5.82 Å². The van der Waals surface area contributed by atoms with E-state index in [0.29, 0.717) is 6.04 Å². The lowest BCUT2D eigenvalue weighted by Gasteiger charge is -2.33. The minimum atomic E-state index is 0.232. The van der Waals surface area contributed by atoms with Gasteiger partial charge in [-0.25, -0.2) is 4.98 Å². The minimum absolute atomic E-state index is 0.232. The first kappa shape index (κ1) is 15.3. The van der Waals surface area contributed by atoms with Crippen LogP contribution in [0.25, 0.3) is 0 Å². The van der Waals surface area contributed by atoms with E-state index < -0.39 is 0 Å². The van der Waals surface area contributed by atoms with Gasteiger partial charge in [0.15, 0.2) is 0 Å². The molecule has 1 aliphatic rings. The highest BCUT2D eigenvalue weighted by atomic mass is 16.5. The molecular formula is C16H27N3O. The van der Waals surface area contributed by atoms with Crippen molar-refractivity contribution >= 4 is 5.82 Å². The SMILES string of the molecule is CCC(N)Cc1cnc(N(C)C2CCOCC2)c(C)c1. The molecule has 1 unspecified atom stereocenters. The van der Waals surface area contributed by atoms with E-state index in [-0.39, 0.29) is 6.04 Å². The summed E-state index contributed by atoms with van der Waals surface area (Å²) >= 11 is 0. The molecule has 112 valence electrons. The van der Waals surface area contributed by atoms with Gasteiger partial charge in [0, 0.05) is 38.5 Å². The van der Waals surface area contributed by atoms with E-state index in [9.17, 15) is 0 Å². The Kier molecular flexibility index (Phi) is 5.38. The third-order valence-electron chi connectivity index (χ3n) is 4.20. The second-order valence-electron chi connectivity index (χ2n) is 5.81. The topological polar surface area (TPSA) is 51.4 Å². The van der Waals surface area contributed by atoms with Crippen molar-refractivity contribution < 1.29 is 4.74 Å². The molecule has 0 bridgehead atoms. The second-order valence-corrected chi connectivity index (χ2v) is 5.81. The highest BCUT2D eigenvalue weighted by molar-refractivity contribution is 5.47. The fourth-order valence-corrected chi connectivity index (χ4v) is 2.80. The lowest BCUT2D eigenvalue weighted by molar-refractivity contribution is 0.0853.